The minimum atomic E-state index is -0.160. The van der Waals surface area contributed by atoms with Gasteiger partial charge in [0.2, 0.25) is 5.91 Å². The second-order valence-electron chi connectivity index (χ2n) is 9.74. The van der Waals surface area contributed by atoms with Gasteiger partial charge in [-0.3, -0.25) is 9.69 Å². The first kappa shape index (κ1) is 23.1. The Bertz CT molecular complexity index is 1220. The first-order valence-electron chi connectivity index (χ1n) is 12.0. The number of hydrogen-bond donors (Lipinski definition) is 1. The van der Waals surface area contributed by atoms with E-state index < -0.39 is 0 Å². The topological polar surface area (TPSA) is 76.6 Å². The highest BCUT2D eigenvalue weighted by atomic mass is 32.1. The molecule has 180 valence electrons. The number of thiazole rings is 1. The van der Waals surface area contributed by atoms with Gasteiger partial charge in [-0.05, 0) is 44.9 Å². The molecule has 1 unspecified atom stereocenters. The molecule has 2 aliphatic rings. The van der Waals surface area contributed by atoms with Gasteiger partial charge < -0.3 is 14.8 Å². The number of nitrogens with one attached hydrogen (secondary N) is 1. The number of aryl methyl sites for hydroxylation is 1. The van der Waals surface area contributed by atoms with E-state index >= 15 is 0 Å². The molecule has 7 nitrogen and oxygen atoms in total. The van der Waals surface area contributed by atoms with Crippen molar-refractivity contribution in [1.29, 1.82) is 0 Å². The lowest BCUT2D eigenvalue weighted by molar-refractivity contribution is -0.125. The van der Waals surface area contributed by atoms with Crippen LogP contribution in [0.25, 0.3) is 21.6 Å². The quantitative estimate of drug-likeness (QED) is 0.536. The number of likely N-dealkylation sites (N-methyl/N-ethyl adjacent to an activating group) is 1. The van der Waals surface area contributed by atoms with Crippen molar-refractivity contribution in [2.45, 2.75) is 64.1 Å². The van der Waals surface area contributed by atoms with E-state index in [1.807, 2.05) is 32.2 Å². The van der Waals surface area contributed by atoms with E-state index in [1.165, 1.54) is 0 Å². The van der Waals surface area contributed by atoms with Crippen LogP contribution in [-0.4, -0.2) is 59.7 Å². The Hall–Kier alpha value is -2.71. The van der Waals surface area contributed by atoms with Crippen LogP contribution in [0.1, 0.15) is 50.3 Å². The number of benzene rings is 1. The molecular formula is C26H32N4O3S. The van der Waals surface area contributed by atoms with Crippen molar-refractivity contribution in [3.63, 3.8) is 0 Å². The molecule has 1 aliphatic carbocycles. The summed E-state index contributed by atoms with van der Waals surface area (Å²) in [5, 5.41) is 7.05. The number of aromatic nitrogens is 2. The van der Waals surface area contributed by atoms with Gasteiger partial charge in [0.15, 0.2) is 0 Å². The third-order valence-corrected chi connectivity index (χ3v) is 7.61. The molecule has 0 bridgehead atoms. The first-order chi connectivity index (χ1) is 16.3. The number of carbonyl (C=O) groups is 1. The van der Waals surface area contributed by atoms with Gasteiger partial charge in [0, 0.05) is 41.4 Å². The second kappa shape index (κ2) is 9.15. The summed E-state index contributed by atoms with van der Waals surface area (Å²) in [7, 11) is 3.67. The lowest BCUT2D eigenvalue weighted by Crippen LogP contribution is -2.42. The highest BCUT2D eigenvalue weighted by molar-refractivity contribution is 7.13. The number of rotatable bonds is 7. The lowest BCUT2D eigenvalue weighted by atomic mass is 10.1. The SMILES string of the molecule is COc1ccc2c(O[C@@H]3CC(C(=O)NC4CC4)N(C)C3)cc(-c3nc(C(C)C)cs3)nc2c1C. The number of amides is 1. The highest BCUT2D eigenvalue weighted by Crippen LogP contribution is 2.37. The van der Waals surface area contributed by atoms with Crippen LogP contribution < -0.4 is 14.8 Å². The molecule has 8 heteroatoms. The molecule has 2 atom stereocenters. The Morgan fingerprint density at radius 3 is 2.71 bits per heavy atom. The van der Waals surface area contributed by atoms with Crippen molar-refractivity contribution >= 4 is 28.1 Å². The smallest absolute Gasteiger partial charge is 0.237 e. The van der Waals surface area contributed by atoms with Crippen LogP contribution in [0.15, 0.2) is 23.6 Å². The summed E-state index contributed by atoms with van der Waals surface area (Å²) in [6, 6.07) is 6.16. The summed E-state index contributed by atoms with van der Waals surface area (Å²) in [4.78, 5) is 24.6. The van der Waals surface area contributed by atoms with Crippen LogP contribution in [0.4, 0.5) is 0 Å². The minimum absolute atomic E-state index is 0.0802. The number of fused-ring (bicyclic) bond motifs is 1. The lowest BCUT2D eigenvalue weighted by Gasteiger charge is -2.17. The van der Waals surface area contributed by atoms with Crippen molar-refractivity contribution in [3.8, 4) is 22.2 Å². The van der Waals surface area contributed by atoms with Crippen molar-refractivity contribution in [3.05, 3.63) is 34.8 Å². The Balaban J connectivity index is 1.49. The van der Waals surface area contributed by atoms with E-state index in [9.17, 15) is 4.79 Å². The summed E-state index contributed by atoms with van der Waals surface area (Å²) < 4.78 is 12.1. The maximum atomic E-state index is 12.7. The van der Waals surface area contributed by atoms with Gasteiger partial charge in [-0.2, -0.15) is 0 Å². The third kappa shape index (κ3) is 4.49. The zero-order chi connectivity index (χ0) is 24.0. The normalized spacial score (nSPS) is 20.8. The molecule has 1 saturated carbocycles. The average molecular weight is 481 g/mol. The fourth-order valence-electron chi connectivity index (χ4n) is 4.53. The highest BCUT2D eigenvalue weighted by Gasteiger charge is 2.38. The summed E-state index contributed by atoms with van der Waals surface area (Å²) in [5.41, 5.74) is 3.68. The Morgan fingerprint density at radius 1 is 1.24 bits per heavy atom. The molecule has 1 aromatic carbocycles. The van der Waals surface area contributed by atoms with Crippen LogP contribution in [0, 0.1) is 6.92 Å². The molecule has 1 N–H and O–H groups in total. The van der Waals surface area contributed by atoms with E-state index in [0.717, 1.165) is 57.2 Å². The van der Waals surface area contributed by atoms with Crippen molar-refractivity contribution < 1.29 is 14.3 Å². The van der Waals surface area contributed by atoms with E-state index in [4.69, 9.17) is 19.4 Å². The largest absolute Gasteiger partial charge is 0.496 e. The predicted octanol–water partition coefficient (Wildman–Crippen LogP) is 4.53. The fourth-order valence-corrected chi connectivity index (χ4v) is 5.47. The Morgan fingerprint density at radius 2 is 2.03 bits per heavy atom. The molecule has 0 radical (unpaired) electrons. The van der Waals surface area contributed by atoms with Crippen molar-refractivity contribution in [2.24, 2.45) is 0 Å². The van der Waals surface area contributed by atoms with Crippen LogP contribution in [0.3, 0.4) is 0 Å². The fraction of sp³-hybridized carbons (Fsp3) is 0.500. The van der Waals surface area contributed by atoms with E-state index in [2.05, 4.69) is 29.4 Å². The zero-order valence-electron chi connectivity index (χ0n) is 20.4. The van der Waals surface area contributed by atoms with E-state index in [-0.39, 0.29) is 18.1 Å². The molecule has 2 fully saturated rings. The molecule has 3 aromatic rings. The molecule has 1 saturated heterocycles. The van der Waals surface area contributed by atoms with E-state index in [0.29, 0.717) is 24.9 Å². The second-order valence-corrected chi connectivity index (χ2v) is 10.6. The Kier molecular flexibility index (Phi) is 6.20. The molecular weight excluding hydrogens is 448 g/mol. The number of nitrogens with zero attached hydrogens (tertiary/aromatic N) is 3. The summed E-state index contributed by atoms with van der Waals surface area (Å²) in [6.07, 6.45) is 2.76. The summed E-state index contributed by atoms with van der Waals surface area (Å²) in [5.74, 6) is 2.04. The maximum absolute atomic E-state index is 12.7. The molecule has 1 aliphatic heterocycles. The third-order valence-electron chi connectivity index (χ3n) is 6.73. The van der Waals surface area contributed by atoms with Gasteiger partial charge in [-0.1, -0.05) is 13.8 Å². The van der Waals surface area contributed by atoms with E-state index in [1.54, 1.807) is 18.4 Å². The van der Waals surface area contributed by atoms with Gasteiger partial charge in [-0.25, -0.2) is 9.97 Å². The van der Waals surface area contributed by atoms with Gasteiger partial charge in [0.05, 0.1) is 24.4 Å². The first-order valence-corrected chi connectivity index (χ1v) is 12.8. The molecule has 3 heterocycles. The van der Waals surface area contributed by atoms with Crippen LogP contribution in [0.5, 0.6) is 11.5 Å². The summed E-state index contributed by atoms with van der Waals surface area (Å²) >= 11 is 1.60. The number of methoxy groups -OCH3 is 1. The van der Waals surface area contributed by atoms with Gasteiger partial charge in [-0.15, -0.1) is 11.3 Å². The van der Waals surface area contributed by atoms with Crippen molar-refractivity contribution in [2.75, 3.05) is 20.7 Å². The number of carbonyl (C=O) groups excluding carboxylic acids is 1. The average Bonchev–Trinajstić information content (AvgIpc) is 3.33. The summed E-state index contributed by atoms with van der Waals surface area (Å²) in [6.45, 7) is 7.00. The maximum Gasteiger partial charge on any atom is 0.237 e. The van der Waals surface area contributed by atoms with Crippen molar-refractivity contribution in [1.82, 2.24) is 20.2 Å². The number of ether oxygens (including phenoxy) is 2. The minimum Gasteiger partial charge on any atom is -0.496 e. The molecule has 2 aromatic heterocycles. The zero-order valence-corrected chi connectivity index (χ0v) is 21.2. The monoisotopic (exact) mass is 480 g/mol. The van der Waals surface area contributed by atoms with Gasteiger partial charge in [0.1, 0.15) is 28.3 Å². The number of likely N-dealkylation sites (tertiary alicyclic amines) is 1. The standard InChI is InChI=1S/C26H32N4O3S/c1-14(2)20-13-34-26(29-20)19-11-23(18-8-9-22(32-5)15(3)24(18)28-19)33-17-10-21(30(4)12-17)25(31)27-16-6-7-16/h8-9,11,13-14,16-17,21H,6-7,10,12H2,1-5H3,(H,27,31)/t17-,21?/m1/s1. The number of hydrogen-bond acceptors (Lipinski definition) is 7. The molecule has 5 rings (SSSR count). The molecule has 34 heavy (non-hydrogen) atoms. The number of pyridine rings is 1. The predicted molar refractivity (Wildman–Crippen MR) is 135 cm³/mol. The van der Waals surface area contributed by atoms with Crippen LogP contribution in [0.2, 0.25) is 0 Å². The Labute approximate surface area is 204 Å². The van der Waals surface area contributed by atoms with Gasteiger partial charge in [0.25, 0.3) is 0 Å². The molecule has 1 amide bonds. The van der Waals surface area contributed by atoms with Gasteiger partial charge >= 0.3 is 0 Å². The van der Waals surface area contributed by atoms with Crippen LogP contribution >= 0.6 is 11.3 Å². The molecule has 0 spiro atoms. The van der Waals surface area contributed by atoms with Crippen LogP contribution in [-0.2, 0) is 4.79 Å².